The average Bonchev–Trinajstić information content (AvgIpc) is 2.30. The summed E-state index contributed by atoms with van der Waals surface area (Å²) in [7, 11) is 0. The van der Waals surface area contributed by atoms with Crippen LogP contribution in [0.1, 0.15) is 11.9 Å². The summed E-state index contributed by atoms with van der Waals surface area (Å²) in [5.41, 5.74) is 14.4. The first-order valence-corrected chi connectivity index (χ1v) is 5.20. The van der Waals surface area contributed by atoms with Crippen molar-refractivity contribution in [2.45, 2.75) is 6.29 Å². The molecule has 0 fully saturated rings. The molecule has 17 heavy (non-hydrogen) atoms. The van der Waals surface area contributed by atoms with Gasteiger partial charge in [0.1, 0.15) is 0 Å². The molecule has 0 aromatic heterocycles. The first kappa shape index (κ1) is 11.4. The van der Waals surface area contributed by atoms with E-state index in [1.54, 1.807) is 30.3 Å². The summed E-state index contributed by atoms with van der Waals surface area (Å²) >= 11 is 0. The van der Waals surface area contributed by atoms with Gasteiger partial charge >= 0.3 is 0 Å². The lowest BCUT2D eigenvalue weighted by molar-refractivity contribution is -0.0419. The molecule has 0 unspecified atom stereocenters. The number of aliphatic hydroxyl groups is 2. The number of rotatable bonds is 2. The van der Waals surface area contributed by atoms with E-state index >= 15 is 0 Å². The molecule has 0 aliphatic rings. The summed E-state index contributed by atoms with van der Waals surface area (Å²) in [5, 5.41) is 18.7. The molecule has 0 saturated carbocycles. The van der Waals surface area contributed by atoms with Gasteiger partial charge in [0, 0.05) is 28.1 Å². The maximum Gasteiger partial charge on any atom is 0.179 e. The van der Waals surface area contributed by atoms with Crippen LogP contribution in [0.2, 0.25) is 0 Å². The zero-order chi connectivity index (χ0) is 12.4. The van der Waals surface area contributed by atoms with Crippen molar-refractivity contribution in [3.63, 3.8) is 0 Å². The van der Waals surface area contributed by atoms with Gasteiger partial charge in [0.15, 0.2) is 6.29 Å². The van der Waals surface area contributed by atoms with Crippen molar-refractivity contribution in [2.75, 3.05) is 11.5 Å². The van der Waals surface area contributed by atoms with Crippen LogP contribution in [0.5, 0.6) is 0 Å². The Bertz CT molecular complexity index is 539. The van der Waals surface area contributed by atoms with Gasteiger partial charge in [-0.2, -0.15) is 0 Å². The van der Waals surface area contributed by atoms with Crippen LogP contribution >= 0.6 is 0 Å². The van der Waals surface area contributed by atoms with Crippen molar-refractivity contribution in [3.8, 4) is 11.1 Å². The molecule has 0 spiro atoms. The van der Waals surface area contributed by atoms with E-state index in [4.69, 9.17) is 11.5 Å². The summed E-state index contributed by atoms with van der Waals surface area (Å²) in [5.74, 6) is 0. The van der Waals surface area contributed by atoms with E-state index in [2.05, 4.69) is 0 Å². The van der Waals surface area contributed by atoms with Crippen LogP contribution in [0.4, 0.5) is 11.4 Å². The minimum Gasteiger partial charge on any atom is -0.398 e. The smallest absolute Gasteiger partial charge is 0.179 e. The zero-order valence-electron chi connectivity index (χ0n) is 9.17. The Morgan fingerprint density at radius 2 is 1.47 bits per heavy atom. The molecule has 0 saturated heterocycles. The van der Waals surface area contributed by atoms with E-state index in [1.807, 2.05) is 12.1 Å². The lowest BCUT2D eigenvalue weighted by Gasteiger charge is -2.15. The zero-order valence-corrected chi connectivity index (χ0v) is 9.17. The van der Waals surface area contributed by atoms with Crippen LogP contribution < -0.4 is 11.5 Å². The highest BCUT2D eigenvalue weighted by atomic mass is 16.5. The maximum absolute atomic E-state index is 9.34. The molecular formula is C13H14N2O2. The average molecular weight is 230 g/mol. The van der Waals surface area contributed by atoms with E-state index in [0.717, 1.165) is 0 Å². The fourth-order valence-electron chi connectivity index (χ4n) is 1.84. The molecule has 6 N–H and O–H groups in total. The second-order valence-corrected chi connectivity index (χ2v) is 3.77. The Hall–Kier alpha value is -2.04. The molecule has 0 bridgehead atoms. The van der Waals surface area contributed by atoms with Crippen LogP contribution in [0, 0.1) is 0 Å². The third kappa shape index (κ3) is 2.08. The van der Waals surface area contributed by atoms with E-state index in [-0.39, 0.29) is 0 Å². The largest absolute Gasteiger partial charge is 0.398 e. The van der Waals surface area contributed by atoms with Crippen molar-refractivity contribution in [2.24, 2.45) is 0 Å². The molecule has 0 aliphatic carbocycles. The topological polar surface area (TPSA) is 92.5 Å². The number of benzene rings is 2. The van der Waals surface area contributed by atoms with Crippen molar-refractivity contribution in [3.05, 3.63) is 48.0 Å². The SMILES string of the molecule is Nc1ccccc1-c1c(N)cccc1C(O)O. The molecular weight excluding hydrogens is 216 g/mol. The molecule has 2 rings (SSSR count). The van der Waals surface area contributed by atoms with Gasteiger partial charge in [-0.05, 0) is 12.1 Å². The van der Waals surface area contributed by atoms with Gasteiger partial charge in [-0.3, -0.25) is 0 Å². The molecule has 88 valence electrons. The lowest BCUT2D eigenvalue weighted by atomic mass is 9.96. The number of anilines is 2. The highest BCUT2D eigenvalue weighted by molar-refractivity contribution is 5.86. The van der Waals surface area contributed by atoms with E-state index in [9.17, 15) is 10.2 Å². The van der Waals surface area contributed by atoms with Crippen molar-refractivity contribution >= 4 is 11.4 Å². The number of hydrogen-bond acceptors (Lipinski definition) is 4. The van der Waals surface area contributed by atoms with Gasteiger partial charge in [0.25, 0.3) is 0 Å². The summed E-state index contributed by atoms with van der Waals surface area (Å²) in [4.78, 5) is 0. The van der Waals surface area contributed by atoms with Gasteiger partial charge in [-0.15, -0.1) is 0 Å². The lowest BCUT2D eigenvalue weighted by Crippen LogP contribution is -2.03. The Balaban J connectivity index is 2.70. The maximum atomic E-state index is 9.34. The fourth-order valence-corrected chi connectivity index (χ4v) is 1.84. The summed E-state index contributed by atoms with van der Waals surface area (Å²) in [6.07, 6.45) is -1.58. The van der Waals surface area contributed by atoms with Gasteiger partial charge in [-0.1, -0.05) is 30.3 Å². The first-order chi connectivity index (χ1) is 8.11. The molecule has 2 aromatic carbocycles. The Kier molecular flexibility index (Phi) is 2.99. The standard InChI is InChI=1S/C13H14N2O2/c14-10-6-2-1-4-8(10)12-9(13(16)17)5-3-7-11(12)15/h1-7,13,16-17H,14-15H2. The predicted molar refractivity (Wildman–Crippen MR) is 67.9 cm³/mol. The van der Waals surface area contributed by atoms with Crippen LogP contribution in [0.15, 0.2) is 42.5 Å². The molecule has 0 aliphatic heterocycles. The summed E-state index contributed by atoms with van der Waals surface area (Å²) in [6.45, 7) is 0. The van der Waals surface area contributed by atoms with Crippen LogP contribution in [0.25, 0.3) is 11.1 Å². The number of nitrogens with two attached hydrogens (primary N) is 2. The van der Waals surface area contributed by atoms with Crippen molar-refractivity contribution in [1.82, 2.24) is 0 Å². The number of nitrogen functional groups attached to an aromatic ring is 2. The molecule has 4 heteroatoms. The minimum absolute atomic E-state index is 0.350. The van der Waals surface area contributed by atoms with Crippen LogP contribution in [-0.4, -0.2) is 10.2 Å². The van der Waals surface area contributed by atoms with Gasteiger partial charge in [0.05, 0.1) is 0 Å². The van der Waals surface area contributed by atoms with Crippen molar-refractivity contribution < 1.29 is 10.2 Å². The van der Waals surface area contributed by atoms with Gasteiger partial charge in [0.2, 0.25) is 0 Å². The van der Waals surface area contributed by atoms with Crippen molar-refractivity contribution in [1.29, 1.82) is 0 Å². The minimum atomic E-state index is -1.58. The molecule has 0 amide bonds. The summed E-state index contributed by atoms with van der Waals surface area (Å²) in [6, 6.07) is 12.2. The number of para-hydroxylation sites is 1. The van der Waals surface area contributed by atoms with E-state index < -0.39 is 6.29 Å². The molecule has 4 nitrogen and oxygen atoms in total. The second-order valence-electron chi connectivity index (χ2n) is 3.77. The highest BCUT2D eigenvalue weighted by Gasteiger charge is 2.15. The predicted octanol–water partition coefficient (Wildman–Crippen LogP) is 1.50. The quantitative estimate of drug-likeness (QED) is 0.464. The van der Waals surface area contributed by atoms with Gasteiger partial charge < -0.3 is 21.7 Å². The summed E-state index contributed by atoms with van der Waals surface area (Å²) < 4.78 is 0. The van der Waals surface area contributed by atoms with E-state index in [0.29, 0.717) is 28.1 Å². The van der Waals surface area contributed by atoms with Gasteiger partial charge in [-0.25, -0.2) is 0 Å². The number of hydrogen-bond donors (Lipinski definition) is 4. The monoisotopic (exact) mass is 230 g/mol. The molecule has 0 radical (unpaired) electrons. The molecule has 2 aromatic rings. The molecule has 0 atom stereocenters. The molecule has 0 heterocycles. The first-order valence-electron chi connectivity index (χ1n) is 5.20. The normalized spacial score (nSPS) is 10.8. The third-order valence-electron chi connectivity index (χ3n) is 2.64. The Morgan fingerprint density at radius 3 is 2.12 bits per heavy atom. The number of aliphatic hydroxyl groups excluding tert-OH is 1. The Labute approximate surface area is 99.1 Å². The van der Waals surface area contributed by atoms with Crippen LogP contribution in [-0.2, 0) is 0 Å². The van der Waals surface area contributed by atoms with Crippen LogP contribution in [0.3, 0.4) is 0 Å². The second kappa shape index (κ2) is 4.45. The Morgan fingerprint density at radius 1 is 0.824 bits per heavy atom. The third-order valence-corrected chi connectivity index (χ3v) is 2.64. The van der Waals surface area contributed by atoms with E-state index in [1.165, 1.54) is 0 Å². The highest BCUT2D eigenvalue weighted by Crippen LogP contribution is 2.35. The fraction of sp³-hybridized carbons (Fsp3) is 0.0769.